The fraction of sp³-hybridized carbons (Fsp3) is 0.846. The molecule has 0 aromatic rings. The Balaban J connectivity index is 2.16. The Bertz CT molecular complexity index is 303. The van der Waals surface area contributed by atoms with Gasteiger partial charge in [-0.1, -0.05) is 0 Å². The summed E-state index contributed by atoms with van der Waals surface area (Å²) in [4.78, 5) is 24.6. The lowest BCUT2D eigenvalue weighted by molar-refractivity contribution is -0.123. The third-order valence-corrected chi connectivity index (χ3v) is 2.75. The van der Waals surface area contributed by atoms with Gasteiger partial charge in [0.1, 0.15) is 12.2 Å². The molecule has 0 aromatic heterocycles. The Kier molecular flexibility index (Phi) is 5.14. The molecule has 5 heteroatoms. The Labute approximate surface area is 108 Å². The van der Waals surface area contributed by atoms with Crippen LogP contribution in [0.2, 0.25) is 0 Å². The van der Waals surface area contributed by atoms with Crippen molar-refractivity contribution in [1.82, 2.24) is 4.90 Å². The van der Waals surface area contributed by atoms with E-state index in [0.717, 1.165) is 6.42 Å². The van der Waals surface area contributed by atoms with E-state index < -0.39 is 5.60 Å². The quantitative estimate of drug-likeness (QED) is 0.754. The number of carbonyl (C=O) groups is 2. The zero-order valence-electron chi connectivity index (χ0n) is 11.7. The molecule has 5 nitrogen and oxygen atoms in total. The molecular formula is C13H23NO4. The first kappa shape index (κ1) is 15.0. The van der Waals surface area contributed by atoms with Gasteiger partial charge in [-0.25, -0.2) is 4.79 Å². The first-order valence-electron chi connectivity index (χ1n) is 6.30. The largest absolute Gasteiger partial charge is 0.444 e. The molecule has 0 atom stereocenters. The van der Waals surface area contributed by atoms with Gasteiger partial charge in [-0.05, 0) is 33.1 Å². The average Bonchev–Trinajstić information content (AvgIpc) is 2.12. The van der Waals surface area contributed by atoms with Crippen LogP contribution in [0.1, 0.15) is 33.6 Å². The molecule has 0 radical (unpaired) electrons. The second-order valence-corrected chi connectivity index (χ2v) is 5.76. The third kappa shape index (κ3) is 5.04. The molecule has 0 unspecified atom stereocenters. The number of Topliss-reactive ketones (excluding diaryl/α,β-unsaturated/α-hetero) is 1. The SMILES string of the molecule is COCC(=O)CCC1CN(C(=O)OC(C)(C)C)C1. The highest BCUT2D eigenvalue weighted by Crippen LogP contribution is 2.23. The molecule has 1 fully saturated rings. The van der Waals surface area contributed by atoms with Crippen LogP contribution in [0.4, 0.5) is 4.79 Å². The summed E-state index contributed by atoms with van der Waals surface area (Å²) < 4.78 is 10.0. The number of ketones is 1. The van der Waals surface area contributed by atoms with Gasteiger partial charge in [0.05, 0.1) is 0 Å². The predicted octanol–water partition coefficient (Wildman–Crippen LogP) is 1.85. The molecular weight excluding hydrogens is 234 g/mol. The average molecular weight is 257 g/mol. The minimum absolute atomic E-state index is 0.119. The Morgan fingerprint density at radius 1 is 1.28 bits per heavy atom. The van der Waals surface area contributed by atoms with Crippen molar-refractivity contribution in [3.63, 3.8) is 0 Å². The number of amides is 1. The van der Waals surface area contributed by atoms with Crippen LogP contribution in [-0.4, -0.2) is 49.2 Å². The standard InChI is InChI=1S/C13H23NO4/c1-13(2,3)18-12(16)14-7-10(8-14)5-6-11(15)9-17-4/h10H,5-9H2,1-4H3. The Morgan fingerprint density at radius 2 is 1.89 bits per heavy atom. The lowest BCUT2D eigenvalue weighted by Crippen LogP contribution is -2.51. The van der Waals surface area contributed by atoms with Crippen molar-refractivity contribution >= 4 is 11.9 Å². The maximum Gasteiger partial charge on any atom is 0.410 e. The van der Waals surface area contributed by atoms with Crippen molar-refractivity contribution in [2.24, 2.45) is 5.92 Å². The molecule has 0 aliphatic carbocycles. The van der Waals surface area contributed by atoms with Crippen LogP contribution in [0.3, 0.4) is 0 Å². The molecule has 1 amide bonds. The van der Waals surface area contributed by atoms with Gasteiger partial charge >= 0.3 is 6.09 Å². The van der Waals surface area contributed by atoms with Crippen molar-refractivity contribution < 1.29 is 19.1 Å². The molecule has 0 aromatic carbocycles. The third-order valence-electron chi connectivity index (χ3n) is 2.75. The maximum atomic E-state index is 11.6. The summed E-state index contributed by atoms with van der Waals surface area (Å²) in [6.07, 6.45) is 1.09. The topological polar surface area (TPSA) is 55.8 Å². The van der Waals surface area contributed by atoms with Crippen LogP contribution < -0.4 is 0 Å². The van der Waals surface area contributed by atoms with Gasteiger partial charge in [0, 0.05) is 26.6 Å². The molecule has 1 saturated heterocycles. The smallest absolute Gasteiger partial charge is 0.410 e. The zero-order valence-corrected chi connectivity index (χ0v) is 11.7. The molecule has 0 bridgehead atoms. The highest BCUT2D eigenvalue weighted by atomic mass is 16.6. The first-order valence-corrected chi connectivity index (χ1v) is 6.30. The molecule has 0 N–H and O–H groups in total. The minimum Gasteiger partial charge on any atom is -0.444 e. The lowest BCUT2D eigenvalue weighted by atomic mass is 9.94. The van der Waals surface area contributed by atoms with Gasteiger partial charge in [0.2, 0.25) is 0 Å². The summed E-state index contributed by atoms with van der Waals surface area (Å²) in [5.74, 6) is 0.534. The van der Waals surface area contributed by atoms with E-state index in [1.165, 1.54) is 7.11 Å². The maximum absolute atomic E-state index is 11.6. The van der Waals surface area contributed by atoms with Crippen LogP contribution in [0.25, 0.3) is 0 Å². The predicted molar refractivity (Wildman–Crippen MR) is 67.4 cm³/mol. The minimum atomic E-state index is -0.448. The Hall–Kier alpha value is -1.10. The van der Waals surface area contributed by atoms with Crippen molar-refractivity contribution in [3.05, 3.63) is 0 Å². The molecule has 1 aliphatic heterocycles. The number of rotatable bonds is 5. The van der Waals surface area contributed by atoms with Gasteiger partial charge < -0.3 is 14.4 Å². The van der Waals surface area contributed by atoms with Gasteiger partial charge in [-0.2, -0.15) is 0 Å². The molecule has 1 aliphatic rings. The van der Waals surface area contributed by atoms with Gasteiger partial charge in [0.15, 0.2) is 5.78 Å². The molecule has 18 heavy (non-hydrogen) atoms. The molecule has 0 saturated carbocycles. The summed E-state index contributed by atoms with van der Waals surface area (Å²) in [7, 11) is 1.52. The number of carbonyl (C=O) groups excluding carboxylic acids is 2. The van der Waals surface area contributed by atoms with Gasteiger partial charge in [0.25, 0.3) is 0 Å². The van der Waals surface area contributed by atoms with Gasteiger partial charge in [-0.3, -0.25) is 4.79 Å². The molecule has 104 valence electrons. The highest BCUT2D eigenvalue weighted by Gasteiger charge is 2.33. The van der Waals surface area contributed by atoms with Crippen molar-refractivity contribution in [2.75, 3.05) is 26.8 Å². The second kappa shape index (κ2) is 6.18. The summed E-state index contributed by atoms with van der Waals surface area (Å²) in [5, 5.41) is 0. The number of nitrogens with zero attached hydrogens (tertiary/aromatic N) is 1. The van der Waals surface area contributed by atoms with E-state index in [4.69, 9.17) is 9.47 Å². The summed E-state index contributed by atoms with van der Waals surface area (Å²) in [6.45, 7) is 7.12. The van der Waals surface area contributed by atoms with E-state index in [2.05, 4.69) is 0 Å². The van der Waals surface area contributed by atoms with E-state index in [0.29, 0.717) is 25.4 Å². The summed E-state index contributed by atoms with van der Waals surface area (Å²) in [5.41, 5.74) is -0.448. The van der Waals surface area contributed by atoms with E-state index in [1.54, 1.807) is 4.90 Å². The van der Waals surface area contributed by atoms with Crippen LogP contribution in [0.5, 0.6) is 0 Å². The van der Waals surface area contributed by atoms with Crippen LogP contribution >= 0.6 is 0 Å². The van der Waals surface area contributed by atoms with E-state index in [-0.39, 0.29) is 18.5 Å². The number of likely N-dealkylation sites (tertiary alicyclic amines) is 1. The lowest BCUT2D eigenvalue weighted by Gasteiger charge is -2.39. The first-order chi connectivity index (χ1) is 8.31. The van der Waals surface area contributed by atoms with Gasteiger partial charge in [-0.15, -0.1) is 0 Å². The number of hydrogen-bond acceptors (Lipinski definition) is 4. The van der Waals surface area contributed by atoms with Crippen molar-refractivity contribution in [1.29, 1.82) is 0 Å². The van der Waals surface area contributed by atoms with Crippen molar-refractivity contribution in [3.8, 4) is 0 Å². The number of ether oxygens (including phenoxy) is 2. The number of hydrogen-bond donors (Lipinski definition) is 0. The molecule has 1 heterocycles. The van der Waals surface area contributed by atoms with Crippen LogP contribution in [-0.2, 0) is 14.3 Å². The van der Waals surface area contributed by atoms with Crippen LogP contribution in [0, 0.1) is 5.92 Å². The zero-order chi connectivity index (χ0) is 13.8. The normalized spacial score (nSPS) is 16.3. The highest BCUT2D eigenvalue weighted by molar-refractivity contribution is 5.79. The monoisotopic (exact) mass is 257 g/mol. The second-order valence-electron chi connectivity index (χ2n) is 5.76. The fourth-order valence-corrected chi connectivity index (χ4v) is 1.83. The van der Waals surface area contributed by atoms with E-state index in [1.807, 2.05) is 20.8 Å². The van der Waals surface area contributed by atoms with Crippen molar-refractivity contribution in [2.45, 2.75) is 39.2 Å². The summed E-state index contributed by atoms with van der Waals surface area (Å²) in [6, 6.07) is 0. The molecule has 0 spiro atoms. The van der Waals surface area contributed by atoms with E-state index in [9.17, 15) is 9.59 Å². The summed E-state index contributed by atoms with van der Waals surface area (Å²) >= 11 is 0. The van der Waals surface area contributed by atoms with E-state index >= 15 is 0 Å². The van der Waals surface area contributed by atoms with Crippen LogP contribution in [0.15, 0.2) is 0 Å². The number of methoxy groups -OCH3 is 1. The Morgan fingerprint density at radius 3 is 2.39 bits per heavy atom. The fourth-order valence-electron chi connectivity index (χ4n) is 1.83. The molecule has 1 rings (SSSR count).